The first-order valence-corrected chi connectivity index (χ1v) is 6.71. The zero-order chi connectivity index (χ0) is 14.5. The fourth-order valence-corrected chi connectivity index (χ4v) is 1.98. The number of thiocarbonyl (C=S) groups is 1. The van der Waals surface area contributed by atoms with Gasteiger partial charge in [0.15, 0.2) is 5.11 Å². The lowest BCUT2D eigenvalue weighted by Crippen LogP contribution is -2.20. The second-order valence-electron chi connectivity index (χ2n) is 4.14. The highest BCUT2D eigenvalue weighted by atomic mass is 35.5. The number of rotatable bonds is 3. The summed E-state index contributed by atoms with van der Waals surface area (Å²) in [6.45, 7) is 1.98. The van der Waals surface area contributed by atoms with E-state index < -0.39 is 0 Å². The molecule has 0 aliphatic rings. The van der Waals surface area contributed by atoms with Crippen molar-refractivity contribution < 1.29 is 4.74 Å². The average molecular weight is 308 g/mol. The van der Waals surface area contributed by atoms with Gasteiger partial charge in [-0.3, -0.25) is 0 Å². The molecule has 2 N–H and O–H groups in total. The van der Waals surface area contributed by atoms with Crippen molar-refractivity contribution in [1.82, 2.24) is 4.98 Å². The fourth-order valence-electron chi connectivity index (χ4n) is 1.59. The van der Waals surface area contributed by atoms with Crippen LogP contribution in [0, 0.1) is 6.92 Å². The first-order chi connectivity index (χ1) is 9.58. The van der Waals surface area contributed by atoms with Gasteiger partial charge < -0.3 is 15.4 Å². The number of nitrogens with zero attached hydrogens (tertiary/aromatic N) is 1. The van der Waals surface area contributed by atoms with Crippen LogP contribution in [0.5, 0.6) is 5.75 Å². The fraction of sp³-hybridized carbons (Fsp3) is 0.143. The second kappa shape index (κ2) is 6.54. The predicted octanol–water partition coefficient (Wildman–Crippen LogP) is 3.86. The van der Waals surface area contributed by atoms with Crippen molar-refractivity contribution in [2.24, 2.45) is 0 Å². The van der Waals surface area contributed by atoms with Gasteiger partial charge in [-0.25, -0.2) is 4.98 Å². The average Bonchev–Trinajstić information content (AvgIpc) is 2.41. The van der Waals surface area contributed by atoms with E-state index in [1.54, 1.807) is 31.5 Å². The highest BCUT2D eigenvalue weighted by Crippen LogP contribution is 2.27. The Morgan fingerprint density at radius 1 is 1.25 bits per heavy atom. The molecule has 0 amide bonds. The maximum absolute atomic E-state index is 5.96. The Morgan fingerprint density at radius 3 is 2.70 bits per heavy atom. The summed E-state index contributed by atoms with van der Waals surface area (Å²) in [6, 6.07) is 9.09. The standard InChI is InChI=1S/C14H14ClN3OS/c1-9-3-6-13(16-8-9)18-14(20)17-11-7-10(15)4-5-12(11)19-2/h3-8H,1-2H3,(H2,16,17,18,20). The zero-order valence-electron chi connectivity index (χ0n) is 11.1. The zero-order valence-corrected chi connectivity index (χ0v) is 12.7. The van der Waals surface area contributed by atoms with E-state index in [9.17, 15) is 0 Å². The van der Waals surface area contributed by atoms with E-state index in [4.69, 9.17) is 28.6 Å². The van der Waals surface area contributed by atoms with Gasteiger partial charge in [-0.2, -0.15) is 0 Å². The van der Waals surface area contributed by atoms with E-state index in [2.05, 4.69) is 15.6 Å². The Kier molecular flexibility index (Phi) is 4.76. The summed E-state index contributed by atoms with van der Waals surface area (Å²) in [5.74, 6) is 1.34. The molecule has 0 aliphatic carbocycles. The highest BCUT2D eigenvalue weighted by Gasteiger charge is 2.06. The van der Waals surface area contributed by atoms with Crippen molar-refractivity contribution >= 4 is 40.4 Å². The van der Waals surface area contributed by atoms with E-state index in [-0.39, 0.29) is 0 Å². The van der Waals surface area contributed by atoms with Crippen LogP contribution in [0.25, 0.3) is 0 Å². The third kappa shape index (κ3) is 3.82. The molecule has 6 heteroatoms. The van der Waals surface area contributed by atoms with Gasteiger partial charge in [-0.1, -0.05) is 17.7 Å². The molecule has 0 atom stereocenters. The van der Waals surface area contributed by atoms with Gasteiger partial charge in [0.05, 0.1) is 12.8 Å². The first-order valence-electron chi connectivity index (χ1n) is 5.92. The third-order valence-electron chi connectivity index (χ3n) is 2.56. The Bertz CT molecular complexity index is 616. The topological polar surface area (TPSA) is 46.2 Å². The lowest BCUT2D eigenvalue weighted by molar-refractivity contribution is 0.417. The van der Waals surface area contributed by atoms with Gasteiger partial charge in [0.2, 0.25) is 0 Å². The molecule has 4 nitrogen and oxygen atoms in total. The summed E-state index contributed by atoms with van der Waals surface area (Å²) in [4.78, 5) is 4.22. The molecule has 1 heterocycles. The molecule has 0 aliphatic heterocycles. The normalized spacial score (nSPS) is 9.95. The maximum atomic E-state index is 5.96. The van der Waals surface area contributed by atoms with Crippen LogP contribution in [0.4, 0.5) is 11.5 Å². The Hall–Kier alpha value is -1.85. The van der Waals surface area contributed by atoms with Crippen molar-refractivity contribution in [2.45, 2.75) is 6.92 Å². The smallest absolute Gasteiger partial charge is 0.176 e. The summed E-state index contributed by atoms with van der Waals surface area (Å²) < 4.78 is 5.24. The van der Waals surface area contributed by atoms with Gasteiger partial charge in [-0.15, -0.1) is 0 Å². The molecular weight excluding hydrogens is 294 g/mol. The number of ether oxygens (including phenoxy) is 1. The number of nitrogens with one attached hydrogen (secondary N) is 2. The van der Waals surface area contributed by atoms with Crippen LogP contribution < -0.4 is 15.4 Å². The molecule has 0 spiro atoms. The lowest BCUT2D eigenvalue weighted by atomic mass is 10.3. The molecule has 20 heavy (non-hydrogen) atoms. The van der Waals surface area contributed by atoms with Crippen LogP contribution in [0.2, 0.25) is 5.02 Å². The van der Waals surface area contributed by atoms with Crippen molar-refractivity contribution in [3.05, 3.63) is 47.1 Å². The highest BCUT2D eigenvalue weighted by molar-refractivity contribution is 7.80. The minimum atomic E-state index is 0.418. The number of benzene rings is 1. The van der Waals surface area contributed by atoms with E-state index >= 15 is 0 Å². The number of pyridine rings is 1. The lowest BCUT2D eigenvalue weighted by Gasteiger charge is -2.13. The number of hydrogen-bond donors (Lipinski definition) is 2. The largest absolute Gasteiger partial charge is 0.495 e. The van der Waals surface area contributed by atoms with Gasteiger partial charge in [0.25, 0.3) is 0 Å². The molecule has 0 saturated carbocycles. The third-order valence-corrected chi connectivity index (χ3v) is 3.00. The molecule has 1 aromatic carbocycles. The maximum Gasteiger partial charge on any atom is 0.176 e. The van der Waals surface area contributed by atoms with E-state index in [0.717, 1.165) is 5.56 Å². The van der Waals surface area contributed by atoms with Crippen LogP contribution in [0.3, 0.4) is 0 Å². The summed E-state index contributed by atoms with van der Waals surface area (Å²) in [6.07, 6.45) is 1.77. The minimum absolute atomic E-state index is 0.418. The van der Waals surface area contributed by atoms with Crippen molar-refractivity contribution in [2.75, 3.05) is 17.7 Å². The van der Waals surface area contributed by atoms with Crippen molar-refractivity contribution in [1.29, 1.82) is 0 Å². The van der Waals surface area contributed by atoms with E-state index in [1.807, 2.05) is 19.1 Å². The number of halogens is 1. The Morgan fingerprint density at radius 2 is 2.05 bits per heavy atom. The molecule has 0 saturated heterocycles. The molecule has 2 aromatic rings. The minimum Gasteiger partial charge on any atom is -0.495 e. The van der Waals surface area contributed by atoms with Gasteiger partial charge >= 0.3 is 0 Å². The van der Waals surface area contributed by atoms with Crippen LogP contribution in [-0.4, -0.2) is 17.2 Å². The number of anilines is 2. The second-order valence-corrected chi connectivity index (χ2v) is 4.99. The number of aromatic nitrogens is 1. The van der Waals surface area contributed by atoms with Crippen LogP contribution >= 0.6 is 23.8 Å². The molecule has 0 fully saturated rings. The summed E-state index contributed by atoms with van der Waals surface area (Å²) in [5, 5.41) is 7.06. The molecule has 0 unspecified atom stereocenters. The van der Waals surface area contributed by atoms with Gasteiger partial charge in [0, 0.05) is 11.2 Å². The summed E-state index contributed by atoms with van der Waals surface area (Å²) in [5.41, 5.74) is 1.79. The predicted molar refractivity (Wildman–Crippen MR) is 86.8 cm³/mol. The molecular formula is C14H14ClN3OS. The monoisotopic (exact) mass is 307 g/mol. The molecule has 2 rings (SSSR count). The SMILES string of the molecule is COc1ccc(Cl)cc1NC(=S)Nc1ccc(C)cn1. The Labute approximate surface area is 128 Å². The molecule has 0 bridgehead atoms. The number of hydrogen-bond acceptors (Lipinski definition) is 3. The van der Waals surface area contributed by atoms with Crippen molar-refractivity contribution in [3.8, 4) is 5.75 Å². The van der Waals surface area contributed by atoms with E-state index in [0.29, 0.717) is 27.4 Å². The number of methoxy groups -OCH3 is 1. The van der Waals surface area contributed by atoms with Gasteiger partial charge in [-0.05, 0) is 49.0 Å². The van der Waals surface area contributed by atoms with Gasteiger partial charge in [0.1, 0.15) is 11.6 Å². The quantitative estimate of drug-likeness (QED) is 0.843. The molecule has 1 aromatic heterocycles. The van der Waals surface area contributed by atoms with Crippen LogP contribution in [-0.2, 0) is 0 Å². The Balaban J connectivity index is 2.08. The van der Waals surface area contributed by atoms with Crippen LogP contribution in [0.15, 0.2) is 36.5 Å². The first kappa shape index (κ1) is 14.6. The summed E-state index contributed by atoms with van der Waals surface area (Å²) in [7, 11) is 1.59. The molecule has 0 radical (unpaired) electrons. The number of aryl methyl sites for hydroxylation is 1. The van der Waals surface area contributed by atoms with Crippen LogP contribution in [0.1, 0.15) is 5.56 Å². The molecule has 104 valence electrons. The summed E-state index contributed by atoms with van der Waals surface area (Å²) >= 11 is 11.2. The van der Waals surface area contributed by atoms with Crippen molar-refractivity contribution in [3.63, 3.8) is 0 Å². The van der Waals surface area contributed by atoms with E-state index in [1.165, 1.54) is 0 Å².